The first kappa shape index (κ1) is 8.27. The van der Waals surface area contributed by atoms with Crippen LogP contribution in [0.15, 0.2) is 12.2 Å². The molecule has 0 aliphatic carbocycles. The molecule has 1 atom stereocenters. The second-order valence-corrected chi connectivity index (χ2v) is 3.04. The highest BCUT2D eigenvalue weighted by Crippen LogP contribution is 2.22. The van der Waals surface area contributed by atoms with Crippen molar-refractivity contribution in [3.05, 3.63) is 12.2 Å². The third-order valence-electron chi connectivity index (χ3n) is 1.71. The molecule has 0 N–H and O–H groups in total. The summed E-state index contributed by atoms with van der Waals surface area (Å²) in [6.07, 6.45) is 2.96. The van der Waals surface area contributed by atoms with Crippen LogP contribution in [0.3, 0.4) is 0 Å². The van der Waals surface area contributed by atoms with Gasteiger partial charge in [-0.3, -0.25) is 0 Å². The Kier molecular flexibility index (Phi) is 2.00. The van der Waals surface area contributed by atoms with Crippen LogP contribution in [0.25, 0.3) is 0 Å². The molecule has 11 heavy (non-hydrogen) atoms. The van der Waals surface area contributed by atoms with Crippen molar-refractivity contribution in [3.63, 3.8) is 0 Å². The van der Waals surface area contributed by atoms with E-state index in [1.807, 2.05) is 13.8 Å². The van der Waals surface area contributed by atoms with E-state index in [2.05, 4.69) is 0 Å². The van der Waals surface area contributed by atoms with Gasteiger partial charge in [-0.2, -0.15) is 0 Å². The van der Waals surface area contributed by atoms with Gasteiger partial charge in [0, 0.05) is 13.2 Å². The van der Waals surface area contributed by atoms with Gasteiger partial charge in [0.2, 0.25) is 0 Å². The number of esters is 1. The fraction of sp³-hybridized carbons (Fsp3) is 0.625. The lowest BCUT2D eigenvalue weighted by molar-refractivity contribution is -0.163. The van der Waals surface area contributed by atoms with Crippen molar-refractivity contribution in [1.82, 2.24) is 0 Å². The summed E-state index contributed by atoms with van der Waals surface area (Å²) in [5.74, 6) is -0.302. The molecule has 1 heterocycles. The van der Waals surface area contributed by atoms with E-state index in [4.69, 9.17) is 9.47 Å². The molecule has 3 heteroatoms. The van der Waals surface area contributed by atoms with Crippen LogP contribution in [0.1, 0.15) is 13.8 Å². The Bertz CT molecular complexity index is 194. The lowest BCUT2D eigenvalue weighted by atomic mass is 9.99. The predicted molar refractivity (Wildman–Crippen MR) is 40.1 cm³/mol. The van der Waals surface area contributed by atoms with Gasteiger partial charge < -0.3 is 9.47 Å². The first-order chi connectivity index (χ1) is 5.06. The molecule has 62 valence electrons. The van der Waals surface area contributed by atoms with E-state index in [0.717, 1.165) is 0 Å². The van der Waals surface area contributed by atoms with Gasteiger partial charge in [-0.15, -0.1) is 0 Å². The minimum atomic E-state index is -0.541. The number of carbonyl (C=O) groups is 1. The van der Waals surface area contributed by atoms with E-state index in [1.165, 1.54) is 6.08 Å². The number of rotatable bonds is 1. The molecule has 0 saturated carbocycles. The fourth-order valence-electron chi connectivity index (χ4n) is 1.11. The number of methoxy groups -OCH3 is 1. The van der Waals surface area contributed by atoms with E-state index in [-0.39, 0.29) is 12.1 Å². The van der Waals surface area contributed by atoms with Crippen molar-refractivity contribution in [2.45, 2.75) is 25.6 Å². The monoisotopic (exact) mass is 156 g/mol. The normalized spacial score (nSPS) is 28.3. The van der Waals surface area contributed by atoms with Crippen LogP contribution in [0.2, 0.25) is 0 Å². The summed E-state index contributed by atoms with van der Waals surface area (Å²) in [7, 11) is 1.59. The molecule has 0 radical (unpaired) electrons. The van der Waals surface area contributed by atoms with Crippen molar-refractivity contribution in [1.29, 1.82) is 0 Å². The van der Waals surface area contributed by atoms with Crippen LogP contribution >= 0.6 is 0 Å². The van der Waals surface area contributed by atoms with Crippen molar-refractivity contribution in [2.75, 3.05) is 7.11 Å². The summed E-state index contributed by atoms with van der Waals surface area (Å²) in [6, 6.07) is 0. The van der Waals surface area contributed by atoms with Gasteiger partial charge in [-0.1, -0.05) is 0 Å². The Morgan fingerprint density at radius 2 is 2.27 bits per heavy atom. The average molecular weight is 156 g/mol. The molecule has 0 unspecified atom stereocenters. The maximum absolute atomic E-state index is 10.8. The number of ether oxygens (including phenoxy) is 2. The molecule has 1 rings (SSSR count). The van der Waals surface area contributed by atoms with Crippen molar-refractivity contribution < 1.29 is 14.3 Å². The van der Waals surface area contributed by atoms with Crippen molar-refractivity contribution in [2.24, 2.45) is 0 Å². The third kappa shape index (κ3) is 1.60. The van der Waals surface area contributed by atoms with Gasteiger partial charge >= 0.3 is 5.97 Å². The predicted octanol–water partition coefficient (Wildman–Crippen LogP) is 0.893. The van der Waals surface area contributed by atoms with Crippen LogP contribution in [0.5, 0.6) is 0 Å². The summed E-state index contributed by atoms with van der Waals surface area (Å²) in [5.41, 5.74) is -0.541. The van der Waals surface area contributed by atoms with Crippen LogP contribution in [0.4, 0.5) is 0 Å². The Hall–Kier alpha value is -0.830. The molecule has 0 aromatic carbocycles. The van der Waals surface area contributed by atoms with Crippen LogP contribution in [-0.4, -0.2) is 24.8 Å². The summed E-state index contributed by atoms with van der Waals surface area (Å²) in [6.45, 7) is 3.64. The molecule has 0 bridgehead atoms. The zero-order valence-electron chi connectivity index (χ0n) is 6.96. The first-order valence-electron chi connectivity index (χ1n) is 3.50. The zero-order chi connectivity index (χ0) is 8.48. The molecule has 1 aliphatic heterocycles. The number of carbonyl (C=O) groups excluding carboxylic acids is 1. The molecular formula is C8H12O3. The Morgan fingerprint density at radius 1 is 1.64 bits per heavy atom. The van der Waals surface area contributed by atoms with Gasteiger partial charge in [-0.05, 0) is 19.9 Å². The topological polar surface area (TPSA) is 35.5 Å². The molecule has 0 fully saturated rings. The lowest BCUT2D eigenvalue weighted by Crippen LogP contribution is -2.43. The Labute approximate surface area is 66.0 Å². The van der Waals surface area contributed by atoms with Gasteiger partial charge in [0.25, 0.3) is 0 Å². The van der Waals surface area contributed by atoms with Crippen molar-refractivity contribution in [3.8, 4) is 0 Å². The molecule has 0 amide bonds. The van der Waals surface area contributed by atoms with Gasteiger partial charge in [0.15, 0.2) is 0 Å². The van der Waals surface area contributed by atoms with Crippen LogP contribution in [0, 0.1) is 0 Å². The largest absolute Gasteiger partial charge is 0.453 e. The maximum Gasteiger partial charge on any atom is 0.331 e. The summed E-state index contributed by atoms with van der Waals surface area (Å²) in [5, 5.41) is 0. The Morgan fingerprint density at radius 3 is 2.73 bits per heavy atom. The quantitative estimate of drug-likeness (QED) is 0.529. The second kappa shape index (κ2) is 2.66. The summed E-state index contributed by atoms with van der Waals surface area (Å²) < 4.78 is 10.1. The van der Waals surface area contributed by atoms with Gasteiger partial charge in [0.05, 0.1) is 0 Å². The van der Waals surface area contributed by atoms with Gasteiger partial charge in [0.1, 0.15) is 11.7 Å². The van der Waals surface area contributed by atoms with E-state index >= 15 is 0 Å². The second-order valence-electron chi connectivity index (χ2n) is 3.04. The first-order valence-corrected chi connectivity index (χ1v) is 3.50. The number of cyclic esters (lactones) is 1. The molecule has 1 aliphatic rings. The molecule has 0 saturated heterocycles. The smallest absolute Gasteiger partial charge is 0.331 e. The minimum Gasteiger partial charge on any atom is -0.453 e. The molecule has 0 aromatic rings. The summed E-state index contributed by atoms with van der Waals surface area (Å²) >= 11 is 0. The van der Waals surface area contributed by atoms with E-state index in [1.54, 1.807) is 13.2 Å². The third-order valence-corrected chi connectivity index (χ3v) is 1.71. The van der Waals surface area contributed by atoms with E-state index in [0.29, 0.717) is 0 Å². The molecule has 0 aromatic heterocycles. The number of hydrogen-bond donors (Lipinski definition) is 0. The Balaban J connectivity index is 2.80. The fourth-order valence-corrected chi connectivity index (χ4v) is 1.11. The molecule has 3 nitrogen and oxygen atoms in total. The van der Waals surface area contributed by atoms with Crippen LogP contribution < -0.4 is 0 Å². The van der Waals surface area contributed by atoms with Gasteiger partial charge in [-0.25, -0.2) is 4.79 Å². The SMILES string of the molecule is CO[C@@H]1C=CC(=O)OC1(C)C. The average Bonchev–Trinajstić information content (AvgIpc) is 1.85. The zero-order valence-corrected chi connectivity index (χ0v) is 6.96. The molecular weight excluding hydrogens is 144 g/mol. The standard InChI is InChI=1S/C8H12O3/c1-8(2)6(10-3)4-5-7(9)11-8/h4-6H,1-3H3/t6-/m1/s1. The van der Waals surface area contributed by atoms with E-state index < -0.39 is 5.60 Å². The highest BCUT2D eigenvalue weighted by Gasteiger charge is 2.34. The minimum absolute atomic E-state index is 0.139. The summed E-state index contributed by atoms with van der Waals surface area (Å²) in [4.78, 5) is 10.8. The highest BCUT2D eigenvalue weighted by atomic mass is 16.6. The number of hydrogen-bond acceptors (Lipinski definition) is 3. The molecule has 0 spiro atoms. The maximum atomic E-state index is 10.8. The highest BCUT2D eigenvalue weighted by molar-refractivity contribution is 5.83. The van der Waals surface area contributed by atoms with Crippen LogP contribution in [-0.2, 0) is 14.3 Å². The lowest BCUT2D eigenvalue weighted by Gasteiger charge is -2.33. The van der Waals surface area contributed by atoms with E-state index in [9.17, 15) is 4.79 Å². The van der Waals surface area contributed by atoms with Crippen molar-refractivity contribution >= 4 is 5.97 Å².